The summed E-state index contributed by atoms with van der Waals surface area (Å²) in [5, 5.41) is 2.04. The van der Waals surface area contributed by atoms with Gasteiger partial charge in [-0.25, -0.2) is 9.97 Å². The van der Waals surface area contributed by atoms with Gasteiger partial charge in [0.15, 0.2) is 5.78 Å². The van der Waals surface area contributed by atoms with Crippen molar-refractivity contribution in [3.05, 3.63) is 52.2 Å². The summed E-state index contributed by atoms with van der Waals surface area (Å²) in [7, 11) is 0. The maximum absolute atomic E-state index is 12.3. The summed E-state index contributed by atoms with van der Waals surface area (Å²) in [5.74, 6) is 1.37. The van der Waals surface area contributed by atoms with Crippen molar-refractivity contribution in [2.45, 2.75) is 32.2 Å². The van der Waals surface area contributed by atoms with Gasteiger partial charge in [0, 0.05) is 22.2 Å². The molecule has 1 aromatic carbocycles. The predicted molar refractivity (Wildman–Crippen MR) is 97.8 cm³/mol. The van der Waals surface area contributed by atoms with E-state index in [1.54, 1.807) is 11.3 Å². The van der Waals surface area contributed by atoms with Crippen LogP contribution in [-0.4, -0.2) is 21.5 Å². The van der Waals surface area contributed by atoms with E-state index in [4.69, 9.17) is 0 Å². The van der Waals surface area contributed by atoms with Crippen molar-refractivity contribution >= 4 is 39.1 Å². The molecule has 2 heterocycles. The molecule has 3 rings (SSSR count). The lowest BCUT2D eigenvalue weighted by Crippen LogP contribution is -2.03. The van der Waals surface area contributed by atoms with Crippen LogP contribution in [0.2, 0.25) is 0 Å². The van der Waals surface area contributed by atoms with E-state index in [9.17, 15) is 4.79 Å². The van der Waals surface area contributed by atoms with Gasteiger partial charge in [0.2, 0.25) is 0 Å². The molecule has 3 aromatic rings. The molecular weight excluding hydrogens is 324 g/mol. The largest absolute Gasteiger partial charge is 0.293 e. The minimum absolute atomic E-state index is 0.130. The first-order valence-electron chi connectivity index (χ1n) is 7.57. The summed E-state index contributed by atoms with van der Waals surface area (Å²) in [5.41, 5.74) is 1.97. The predicted octanol–water partition coefficient (Wildman–Crippen LogP) is 4.85. The third-order valence-corrected chi connectivity index (χ3v) is 5.87. The molecular formula is C18H18N2OS2. The van der Waals surface area contributed by atoms with Gasteiger partial charge in [0.25, 0.3) is 0 Å². The molecule has 3 nitrogen and oxygen atoms in total. The molecule has 0 N–H and O–H groups in total. The minimum atomic E-state index is 0.130. The number of aromatic nitrogens is 2. The number of carbonyl (C=O) groups is 1. The van der Waals surface area contributed by atoms with Crippen molar-refractivity contribution in [1.29, 1.82) is 0 Å². The number of ketones is 1. The highest BCUT2D eigenvalue weighted by Gasteiger charge is 2.16. The van der Waals surface area contributed by atoms with E-state index < -0.39 is 0 Å². The first-order valence-corrected chi connectivity index (χ1v) is 9.38. The van der Waals surface area contributed by atoms with Crippen molar-refractivity contribution < 1.29 is 4.79 Å². The molecule has 5 heteroatoms. The number of benzene rings is 1. The van der Waals surface area contributed by atoms with E-state index in [1.165, 1.54) is 22.2 Å². The topological polar surface area (TPSA) is 42.9 Å². The molecule has 2 aromatic heterocycles. The molecule has 0 amide bonds. The molecule has 23 heavy (non-hydrogen) atoms. The molecule has 118 valence electrons. The standard InChI is InChI=1S/C18H18N2OS2/c1-4-15-19-17(16-11(2)12(3)23-18(16)20-15)22-10-14(21)13-8-6-5-7-9-13/h5-9H,4,10H2,1-3H3. The Hall–Kier alpha value is -1.72. The van der Waals surface area contributed by atoms with Crippen molar-refractivity contribution in [3.63, 3.8) is 0 Å². The van der Waals surface area contributed by atoms with Crippen LogP contribution in [-0.2, 0) is 6.42 Å². The number of hydrogen-bond donors (Lipinski definition) is 0. The van der Waals surface area contributed by atoms with Gasteiger partial charge in [0.05, 0.1) is 5.75 Å². The highest BCUT2D eigenvalue weighted by Crippen LogP contribution is 2.35. The maximum Gasteiger partial charge on any atom is 0.173 e. The maximum atomic E-state index is 12.3. The van der Waals surface area contributed by atoms with Gasteiger partial charge < -0.3 is 0 Å². The summed E-state index contributed by atoms with van der Waals surface area (Å²) in [6.07, 6.45) is 0.798. The Kier molecular flexibility index (Phi) is 4.78. The molecule has 0 atom stereocenters. The molecule has 0 aliphatic heterocycles. The third kappa shape index (κ3) is 3.31. The Morgan fingerprint density at radius 3 is 2.61 bits per heavy atom. The van der Waals surface area contributed by atoms with Crippen molar-refractivity contribution in [2.24, 2.45) is 0 Å². The van der Waals surface area contributed by atoms with Crippen molar-refractivity contribution in [3.8, 4) is 0 Å². The van der Waals surface area contributed by atoms with Crippen LogP contribution in [0, 0.1) is 13.8 Å². The highest BCUT2D eigenvalue weighted by atomic mass is 32.2. The average Bonchev–Trinajstić information content (AvgIpc) is 2.87. The van der Waals surface area contributed by atoms with Gasteiger partial charge in [-0.3, -0.25) is 4.79 Å². The first-order chi connectivity index (χ1) is 11.1. The van der Waals surface area contributed by atoms with Gasteiger partial charge >= 0.3 is 0 Å². The van der Waals surface area contributed by atoms with Gasteiger partial charge in [-0.15, -0.1) is 11.3 Å². The summed E-state index contributed by atoms with van der Waals surface area (Å²) in [4.78, 5) is 23.9. The zero-order chi connectivity index (χ0) is 16.4. The van der Waals surface area contributed by atoms with Crippen LogP contribution in [0.15, 0.2) is 35.4 Å². The van der Waals surface area contributed by atoms with Gasteiger partial charge in [-0.2, -0.15) is 0 Å². The molecule has 0 unspecified atom stereocenters. The molecule has 0 aliphatic rings. The van der Waals surface area contributed by atoms with Crippen LogP contribution in [0.25, 0.3) is 10.2 Å². The molecule has 0 aliphatic carbocycles. The van der Waals surface area contributed by atoms with Gasteiger partial charge in [-0.1, -0.05) is 49.0 Å². The summed E-state index contributed by atoms with van der Waals surface area (Å²) in [6, 6.07) is 9.42. The second kappa shape index (κ2) is 6.81. The van der Waals surface area contributed by atoms with E-state index in [0.717, 1.165) is 33.1 Å². The normalized spacial score (nSPS) is 11.1. The number of Topliss-reactive ketones (excluding diaryl/α,β-unsaturated/α-hetero) is 1. The average molecular weight is 342 g/mol. The number of carbonyl (C=O) groups excluding carboxylic acids is 1. The van der Waals surface area contributed by atoms with Crippen LogP contribution in [0.3, 0.4) is 0 Å². The Morgan fingerprint density at radius 1 is 1.17 bits per heavy atom. The molecule has 0 fully saturated rings. The van der Waals surface area contributed by atoms with Crippen molar-refractivity contribution in [2.75, 3.05) is 5.75 Å². The van der Waals surface area contributed by atoms with E-state index in [0.29, 0.717) is 5.75 Å². The van der Waals surface area contributed by atoms with Crippen LogP contribution in [0.5, 0.6) is 0 Å². The van der Waals surface area contributed by atoms with Gasteiger partial charge in [-0.05, 0) is 19.4 Å². The number of hydrogen-bond acceptors (Lipinski definition) is 5. The Bertz CT molecular complexity index is 856. The second-order valence-corrected chi connectivity index (χ2v) is 7.51. The first kappa shape index (κ1) is 16.1. The smallest absolute Gasteiger partial charge is 0.173 e. The molecule has 0 bridgehead atoms. The van der Waals surface area contributed by atoms with E-state index in [2.05, 4.69) is 30.7 Å². The van der Waals surface area contributed by atoms with Crippen LogP contribution < -0.4 is 0 Å². The SMILES string of the molecule is CCc1nc(SCC(=O)c2ccccc2)c2c(C)c(C)sc2n1. The number of rotatable bonds is 5. The highest BCUT2D eigenvalue weighted by molar-refractivity contribution is 8.00. The minimum Gasteiger partial charge on any atom is -0.293 e. The zero-order valence-corrected chi connectivity index (χ0v) is 15.1. The van der Waals surface area contributed by atoms with Crippen LogP contribution in [0.4, 0.5) is 0 Å². The van der Waals surface area contributed by atoms with Crippen molar-refractivity contribution in [1.82, 2.24) is 9.97 Å². The molecule has 0 spiro atoms. The Balaban J connectivity index is 1.91. The quantitative estimate of drug-likeness (QED) is 0.378. The van der Waals surface area contributed by atoms with E-state index in [1.807, 2.05) is 30.3 Å². The molecule has 0 saturated heterocycles. The van der Waals surface area contributed by atoms with E-state index >= 15 is 0 Å². The number of nitrogens with zero attached hydrogens (tertiary/aromatic N) is 2. The monoisotopic (exact) mass is 342 g/mol. The Labute approximate surface area is 144 Å². The van der Waals surface area contributed by atoms with E-state index in [-0.39, 0.29) is 5.78 Å². The van der Waals surface area contributed by atoms with Crippen LogP contribution in [0.1, 0.15) is 33.5 Å². The third-order valence-electron chi connectivity index (χ3n) is 3.79. The second-order valence-electron chi connectivity index (χ2n) is 5.34. The Morgan fingerprint density at radius 2 is 1.91 bits per heavy atom. The zero-order valence-electron chi connectivity index (χ0n) is 13.4. The summed E-state index contributed by atoms with van der Waals surface area (Å²) >= 11 is 3.22. The fraction of sp³-hybridized carbons (Fsp3) is 0.278. The number of thiophene rings is 1. The number of aryl methyl sites for hydroxylation is 3. The lowest BCUT2D eigenvalue weighted by atomic mass is 10.2. The lowest BCUT2D eigenvalue weighted by molar-refractivity contribution is 0.102. The summed E-state index contributed by atoms with van der Waals surface area (Å²) in [6.45, 7) is 6.27. The lowest BCUT2D eigenvalue weighted by Gasteiger charge is -2.06. The number of fused-ring (bicyclic) bond motifs is 1. The fourth-order valence-corrected chi connectivity index (χ4v) is 4.47. The molecule has 0 saturated carbocycles. The summed E-state index contributed by atoms with van der Waals surface area (Å²) < 4.78 is 0. The fourth-order valence-electron chi connectivity index (χ4n) is 2.36. The molecule has 0 radical (unpaired) electrons. The number of thioether (sulfide) groups is 1. The van der Waals surface area contributed by atoms with Gasteiger partial charge in [0.1, 0.15) is 15.7 Å². The van der Waals surface area contributed by atoms with Crippen LogP contribution >= 0.6 is 23.1 Å².